The maximum Gasteiger partial charge on any atom is 0.243 e. The quantitative estimate of drug-likeness (QED) is 0.686. The predicted octanol–water partition coefficient (Wildman–Crippen LogP) is 3.47. The van der Waals surface area contributed by atoms with Crippen molar-refractivity contribution in [2.45, 2.75) is 37.1 Å². The number of ether oxygens (including phenoxy) is 2. The van der Waals surface area contributed by atoms with Crippen LogP contribution in [0, 0.1) is 5.92 Å². The van der Waals surface area contributed by atoms with Crippen LogP contribution in [-0.4, -0.2) is 56.9 Å². The topological polar surface area (TPSA) is 76.2 Å². The van der Waals surface area contributed by atoms with E-state index >= 15 is 0 Å². The van der Waals surface area contributed by atoms with Gasteiger partial charge in [0, 0.05) is 38.5 Å². The summed E-state index contributed by atoms with van der Waals surface area (Å²) >= 11 is 0. The zero-order chi connectivity index (χ0) is 22.7. The molecule has 8 heteroatoms. The van der Waals surface area contributed by atoms with E-state index in [1.807, 2.05) is 44.3 Å². The van der Waals surface area contributed by atoms with Crippen LogP contribution in [0.5, 0.6) is 11.5 Å². The molecule has 2 heterocycles. The molecule has 0 aliphatic carbocycles. The van der Waals surface area contributed by atoms with Gasteiger partial charge in [0.1, 0.15) is 0 Å². The van der Waals surface area contributed by atoms with E-state index in [4.69, 9.17) is 9.47 Å². The minimum Gasteiger partial charge on any atom is -0.490 e. The number of hydrogen-bond donors (Lipinski definition) is 0. The Morgan fingerprint density at radius 3 is 2.38 bits per heavy atom. The molecule has 2 aliphatic heterocycles. The number of benzene rings is 2. The molecule has 1 fully saturated rings. The van der Waals surface area contributed by atoms with Crippen LogP contribution in [0.3, 0.4) is 0 Å². The van der Waals surface area contributed by atoms with E-state index in [1.165, 1.54) is 4.31 Å². The third kappa shape index (κ3) is 4.61. The second-order valence-corrected chi connectivity index (χ2v) is 10.3. The van der Waals surface area contributed by atoms with Gasteiger partial charge in [-0.15, -0.1) is 0 Å². The van der Waals surface area contributed by atoms with Gasteiger partial charge in [0.25, 0.3) is 0 Å². The summed E-state index contributed by atoms with van der Waals surface area (Å²) in [6, 6.07) is 14.6. The molecule has 32 heavy (non-hydrogen) atoms. The molecule has 4 rings (SSSR count). The number of carbonyl (C=O) groups excluding carboxylic acids is 1. The minimum atomic E-state index is -3.66. The summed E-state index contributed by atoms with van der Waals surface area (Å²) in [7, 11) is -1.84. The summed E-state index contributed by atoms with van der Waals surface area (Å²) in [5.74, 6) is 0.918. The number of sulfonamides is 1. The third-order valence-corrected chi connectivity index (χ3v) is 8.27. The van der Waals surface area contributed by atoms with Crippen molar-refractivity contribution in [3.05, 3.63) is 54.1 Å². The van der Waals surface area contributed by atoms with Crippen LogP contribution in [0.15, 0.2) is 53.4 Å². The highest BCUT2D eigenvalue weighted by Gasteiger charge is 2.34. The molecule has 0 aromatic heterocycles. The van der Waals surface area contributed by atoms with Crippen molar-refractivity contribution < 1.29 is 22.7 Å². The van der Waals surface area contributed by atoms with Crippen molar-refractivity contribution in [1.29, 1.82) is 0 Å². The highest BCUT2D eigenvalue weighted by atomic mass is 32.2. The maximum absolute atomic E-state index is 13.2. The molecule has 1 saturated heterocycles. The summed E-state index contributed by atoms with van der Waals surface area (Å²) in [4.78, 5) is 15.0. The molecule has 0 saturated carbocycles. The Morgan fingerprint density at radius 1 is 1.03 bits per heavy atom. The standard InChI is InChI=1S/C24H30N2O5S/c1-18(19-7-4-3-5-8-19)25(2)24(27)20-11-13-26(14-12-20)32(28,29)21-9-10-22-23(17-21)31-16-6-15-30-22/h3-5,7-10,17-18,20H,6,11-16H2,1-2H3/t18-/m0/s1. The number of piperidine rings is 1. The second kappa shape index (κ2) is 9.50. The Bertz CT molecular complexity index is 1050. The van der Waals surface area contributed by atoms with Gasteiger partial charge in [0.15, 0.2) is 11.5 Å². The van der Waals surface area contributed by atoms with Crippen LogP contribution >= 0.6 is 0 Å². The molecule has 0 N–H and O–H groups in total. The van der Waals surface area contributed by atoms with E-state index in [-0.39, 0.29) is 22.8 Å². The fourth-order valence-corrected chi connectivity index (χ4v) is 5.72. The molecule has 2 aromatic rings. The SMILES string of the molecule is C[C@@H](c1ccccc1)N(C)C(=O)C1CCN(S(=O)(=O)c2ccc3c(c2)OCCCO3)CC1. The number of rotatable bonds is 5. The third-order valence-electron chi connectivity index (χ3n) is 6.37. The van der Waals surface area contributed by atoms with Gasteiger partial charge in [0.2, 0.25) is 15.9 Å². The number of hydrogen-bond acceptors (Lipinski definition) is 5. The Labute approximate surface area is 190 Å². The lowest BCUT2D eigenvalue weighted by molar-refractivity contribution is -0.137. The van der Waals surface area contributed by atoms with Gasteiger partial charge in [-0.1, -0.05) is 30.3 Å². The van der Waals surface area contributed by atoms with E-state index in [0.717, 1.165) is 12.0 Å². The first kappa shape index (κ1) is 22.6. The van der Waals surface area contributed by atoms with Gasteiger partial charge in [-0.25, -0.2) is 8.42 Å². The van der Waals surface area contributed by atoms with Crippen molar-refractivity contribution in [3.8, 4) is 11.5 Å². The van der Waals surface area contributed by atoms with Gasteiger partial charge >= 0.3 is 0 Å². The Hall–Kier alpha value is -2.58. The van der Waals surface area contributed by atoms with E-state index in [1.54, 1.807) is 23.1 Å². The number of amides is 1. The summed E-state index contributed by atoms with van der Waals surface area (Å²) in [5, 5.41) is 0. The predicted molar refractivity (Wildman–Crippen MR) is 121 cm³/mol. The molecule has 172 valence electrons. The zero-order valence-electron chi connectivity index (χ0n) is 18.6. The van der Waals surface area contributed by atoms with Gasteiger partial charge in [-0.2, -0.15) is 4.31 Å². The highest BCUT2D eigenvalue weighted by molar-refractivity contribution is 7.89. The molecular formula is C24H30N2O5S. The molecule has 0 radical (unpaired) electrons. The lowest BCUT2D eigenvalue weighted by atomic mass is 9.95. The van der Waals surface area contributed by atoms with Crippen molar-refractivity contribution in [2.75, 3.05) is 33.4 Å². The first-order chi connectivity index (χ1) is 15.4. The molecule has 0 spiro atoms. The first-order valence-electron chi connectivity index (χ1n) is 11.1. The first-order valence-corrected chi connectivity index (χ1v) is 12.5. The van der Waals surface area contributed by atoms with E-state index in [0.29, 0.717) is 50.6 Å². The smallest absolute Gasteiger partial charge is 0.243 e. The molecule has 7 nitrogen and oxygen atoms in total. The highest BCUT2D eigenvalue weighted by Crippen LogP contribution is 2.34. The van der Waals surface area contributed by atoms with Gasteiger partial charge in [-0.05, 0) is 37.5 Å². The maximum atomic E-state index is 13.2. The minimum absolute atomic E-state index is 0.0349. The number of fused-ring (bicyclic) bond motifs is 1. The van der Waals surface area contributed by atoms with Crippen molar-refractivity contribution in [3.63, 3.8) is 0 Å². The van der Waals surface area contributed by atoms with Crippen LogP contribution in [-0.2, 0) is 14.8 Å². The summed E-state index contributed by atoms with van der Waals surface area (Å²) in [5.41, 5.74) is 1.08. The fraction of sp³-hybridized carbons (Fsp3) is 0.458. The van der Waals surface area contributed by atoms with Crippen molar-refractivity contribution in [2.24, 2.45) is 5.92 Å². The average molecular weight is 459 g/mol. The monoisotopic (exact) mass is 458 g/mol. The van der Waals surface area contributed by atoms with Gasteiger partial charge in [0.05, 0.1) is 24.2 Å². The van der Waals surface area contributed by atoms with Crippen LogP contribution in [0.4, 0.5) is 0 Å². The molecule has 0 bridgehead atoms. The summed E-state index contributed by atoms with van der Waals surface area (Å²) in [6.45, 7) is 3.70. The molecule has 2 aliphatic rings. The zero-order valence-corrected chi connectivity index (χ0v) is 19.4. The molecule has 0 unspecified atom stereocenters. The van der Waals surface area contributed by atoms with Crippen molar-refractivity contribution in [1.82, 2.24) is 9.21 Å². The second-order valence-electron chi connectivity index (χ2n) is 8.37. The van der Waals surface area contributed by atoms with Gasteiger partial charge < -0.3 is 14.4 Å². The summed E-state index contributed by atoms with van der Waals surface area (Å²) in [6.07, 6.45) is 1.78. The molecule has 2 aromatic carbocycles. The Kier molecular flexibility index (Phi) is 6.71. The lowest BCUT2D eigenvalue weighted by Crippen LogP contribution is -2.43. The largest absolute Gasteiger partial charge is 0.490 e. The van der Waals surface area contributed by atoms with Gasteiger partial charge in [-0.3, -0.25) is 4.79 Å². The molecule has 1 atom stereocenters. The Balaban J connectivity index is 1.40. The van der Waals surface area contributed by atoms with E-state index in [2.05, 4.69) is 0 Å². The molecule has 1 amide bonds. The summed E-state index contributed by atoms with van der Waals surface area (Å²) < 4.78 is 39.1. The molecular weight excluding hydrogens is 428 g/mol. The average Bonchev–Trinajstić information content (AvgIpc) is 3.08. The van der Waals surface area contributed by atoms with E-state index in [9.17, 15) is 13.2 Å². The van der Waals surface area contributed by atoms with Crippen LogP contribution in [0.25, 0.3) is 0 Å². The normalized spacial score (nSPS) is 18.6. The van der Waals surface area contributed by atoms with Crippen LogP contribution in [0.2, 0.25) is 0 Å². The Morgan fingerprint density at radius 2 is 1.69 bits per heavy atom. The number of carbonyl (C=O) groups is 1. The van der Waals surface area contributed by atoms with Crippen LogP contribution < -0.4 is 9.47 Å². The van der Waals surface area contributed by atoms with Crippen molar-refractivity contribution >= 4 is 15.9 Å². The fourth-order valence-electron chi connectivity index (χ4n) is 4.23. The van der Waals surface area contributed by atoms with Crippen LogP contribution in [0.1, 0.15) is 37.8 Å². The lowest BCUT2D eigenvalue weighted by Gasteiger charge is -2.34. The van der Waals surface area contributed by atoms with E-state index < -0.39 is 10.0 Å². The number of nitrogens with zero attached hydrogens (tertiary/aromatic N) is 2.